The number of carbonyl (C=O) groups excluding carboxylic acids is 1. The van der Waals surface area contributed by atoms with Crippen LogP contribution >= 0.6 is 22.9 Å². The quantitative estimate of drug-likeness (QED) is 0.377. The van der Waals surface area contributed by atoms with Gasteiger partial charge in [0, 0.05) is 16.0 Å². The third-order valence-electron chi connectivity index (χ3n) is 4.12. The van der Waals surface area contributed by atoms with Gasteiger partial charge in [0.25, 0.3) is 5.91 Å². The van der Waals surface area contributed by atoms with Crippen molar-refractivity contribution in [3.05, 3.63) is 74.9 Å². The predicted octanol–water partition coefficient (Wildman–Crippen LogP) is 5.02. The van der Waals surface area contributed by atoms with Crippen molar-refractivity contribution in [2.75, 3.05) is 0 Å². The Bertz CT molecular complexity index is 1160. The third-order valence-corrected chi connectivity index (χ3v) is 5.41. The number of hydrogen-bond donors (Lipinski definition) is 2. The highest BCUT2D eigenvalue weighted by Crippen LogP contribution is 2.27. The molecule has 2 heterocycles. The smallest absolute Gasteiger partial charge is 0.271 e. The van der Waals surface area contributed by atoms with Crippen molar-refractivity contribution >= 4 is 46.1 Å². The molecule has 7 heteroatoms. The standard InChI is InChI=1S/C20H15ClN4OS/c1-12-8-9-27-18(12)11-22-25-20(26)13-6-7-16-17(10-13)24-19(23-16)14-4-2-3-5-15(14)21/h2-11H,1H3,(H,23,24)(H,25,26)/b22-11+. The maximum atomic E-state index is 12.4. The second kappa shape index (κ2) is 7.34. The number of halogens is 1. The Labute approximate surface area is 164 Å². The Morgan fingerprint density at radius 1 is 1.26 bits per heavy atom. The number of benzene rings is 2. The van der Waals surface area contributed by atoms with Crippen molar-refractivity contribution in [3.63, 3.8) is 0 Å². The molecule has 0 atom stereocenters. The summed E-state index contributed by atoms with van der Waals surface area (Å²) < 4.78 is 0. The zero-order valence-corrected chi connectivity index (χ0v) is 15.9. The number of aromatic amines is 1. The molecule has 0 saturated carbocycles. The summed E-state index contributed by atoms with van der Waals surface area (Å²) in [6.45, 7) is 2.00. The van der Waals surface area contributed by atoms with Crippen LogP contribution in [-0.2, 0) is 0 Å². The van der Waals surface area contributed by atoms with E-state index in [2.05, 4.69) is 20.5 Å². The second-order valence-electron chi connectivity index (χ2n) is 5.96. The van der Waals surface area contributed by atoms with E-state index in [1.807, 2.05) is 42.6 Å². The minimum atomic E-state index is -0.281. The van der Waals surface area contributed by atoms with Crippen molar-refractivity contribution in [2.45, 2.75) is 6.92 Å². The molecule has 0 aliphatic heterocycles. The number of aromatic nitrogens is 2. The van der Waals surface area contributed by atoms with E-state index in [1.165, 1.54) is 0 Å². The summed E-state index contributed by atoms with van der Waals surface area (Å²) in [5, 5.41) is 6.64. The van der Waals surface area contributed by atoms with Gasteiger partial charge >= 0.3 is 0 Å². The first kappa shape index (κ1) is 17.5. The molecule has 0 fully saturated rings. The molecule has 0 radical (unpaired) electrons. The molecule has 4 aromatic rings. The number of nitrogens with one attached hydrogen (secondary N) is 2. The summed E-state index contributed by atoms with van der Waals surface area (Å²) in [6, 6.07) is 14.8. The lowest BCUT2D eigenvalue weighted by Crippen LogP contribution is -2.17. The van der Waals surface area contributed by atoms with Crippen LogP contribution in [0.3, 0.4) is 0 Å². The lowest BCUT2D eigenvalue weighted by Gasteiger charge is -1.99. The Morgan fingerprint density at radius 3 is 2.89 bits per heavy atom. The summed E-state index contributed by atoms with van der Waals surface area (Å²) in [4.78, 5) is 21.1. The van der Waals surface area contributed by atoms with E-state index in [0.29, 0.717) is 16.4 Å². The van der Waals surface area contributed by atoms with Crippen molar-refractivity contribution in [2.24, 2.45) is 5.10 Å². The maximum absolute atomic E-state index is 12.4. The SMILES string of the molecule is Cc1ccsc1/C=N/NC(=O)c1ccc2nc(-c3ccccc3Cl)[nH]c2c1. The van der Waals surface area contributed by atoms with Crippen LogP contribution in [0.15, 0.2) is 59.0 Å². The second-order valence-corrected chi connectivity index (χ2v) is 7.32. The fraction of sp³-hybridized carbons (Fsp3) is 0.0500. The van der Waals surface area contributed by atoms with Gasteiger partial charge in [0.1, 0.15) is 5.82 Å². The molecule has 0 aliphatic rings. The van der Waals surface area contributed by atoms with Gasteiger partial charge in [0.15, 0.2) is 0 Å². The first-order valence-electron chi connectivity index (χ1n) is 8.24. The lowest BCUT2D eigenvalue weighted by atomic mass is 10.2. The Hall–Kier alpha value is -2.96. The first-order chi connectivity index (χ1) is 13.1. The van der Waals surface area contributed by atoms with Crippen LogP contribution in [0.5, 0.6) is 0 Å². The Balaban J connectivity index is 1.56. The highest BCUT2D eigenvalue weighted by molar-refractivity contribution is 7.11. The van der Waals surface area contributed by atoms with Gasteiger partial charge in [-0.3, -0.25) is 4.79 Å². The van der Waals surface area contributed by atoms with Gasteiger partial charge in [0.05, 0.1) is 22.3 Å². The molecule has 1 amide bonds. The van der Waals surface area contributed by atoms with E-state index in [9.17, 15) is 4.79 Å². The number of aryl methyl sites for hydroxylation is 1. The summed E-state index contributed by atoms with van der Waals surface area (Å²) in [7, 11) is 0. The number of carbonyl (C=O) groups is 1. The average Bonchev–Trinajstić information content (AvgIpc) is 3.27. The van der Waals surface area contributed by atoms with Crippen LogP contribution in [0.4, 0.5) is 0 Å². The van der Waals surface area contributed by atoms with Gasteiger partial charge in [-0.25, -0.2) is 10.4 Å². The summed E-state index contributed by atoms with van der Waals surface area (Å²) in [5.41, 5.74) is 6.52. The molecule has 2 aromatic carbocycles. The highest BCUT2D eigenvalue weighted by Gasteiger charge is 2.11. The van der Waals surface area contributed by atoms with Crippen molar-refractivity contribution in [1.82, 2.24) is 15.4 Å². The zero-order valence-electron chi connectivity index (χ0n) is 14.4. The van der Waals surface area contributed by atoms with Crippen molar-refractivity contribution in [3.8, 4) is 11.4 Å². The first-order valence-corrected chi connectivity index (χ1v) is 9.50. The van der Waals surface area contributed by atoms with E-state index in [4.69, 9.17) is 11.6 Å². The molecular formula is C20H15ClN4OS. The number of hydrogen-bond acceptors (Lipinski definition) is 4. The summed E-state index contributed by atoms with van der Waals surface area (Å²) in [6.07, 6.45) is 1.65. The molecule has 0 aliphatic carbocycles. The van der Waals surface area contributed by atoms with Crippen LogP contribution in [0, 0.1) is 6.92 Å². The van der Waals surface area contributed by atoms with Crippen LogP contribution in [0.1, 0.15) is 20.8 Å². The van der Waals surface area contributed by atoms with E-state index >= 15 is 0 Å². The molecule has 2 N–H and O–H groups in total. The molecule has 5 nitrogen and oxygen atoms in total. The number of amides is 1. The minimum absolute atomic E-state index is 0.281. The van der Waals surface area contributed by atoms with Crippen molar-refractivity contribution < 1.29 is 4.79 Å². The average molecular weight is 395 g/mol. The van der Waals surface area contributed by atoms with Crippen LogP contribution < -0.4 is 5.43 Å². The van der Waals surface area contributed by atoms with Crippen LogP contribution in [-0.4, -0.2) is 22.1 Å². The molecule has 0 bridgehead atoms. The molecular weight excluding hydrogens is 380 g/mol. The van der Waals surface area contributed by atoms with Crippen molar-refractivity contribution in [1.29, 1.82) is 0 Å². The van der Waals surface area contributed by atoms with Gasteiger partial charge in [-0.2, -0.15) is 5.10 Å². The zero-order chi connectivity index (χ0) is 18.8. The summed E-state index contributed by atoms with van der Waals surface area (Å²) >= 11 is 7.82. The van der Waals surface area contributed by atoms with Crippen LogP contribution in [0.25, 0.3) is 22.4 Å². The predicted molar refractivity (Wildman–Crippen MR) is 111 cm³/mol. The van der Waals surface area contributed by atoms with E-state index < -0.39 is 0 Å². The minimum Gasteiger partial charge on any atom is -0.338 e. The number of nitrogens with zero attached hydrogens (tertiary/aromatic N) is 2. The molecule has 0 spiro atoms. The number of hydrazone groups is 1. The third kappa shape index (κ3) is 3.63. The number of imidazole rings is 1. The van der Waals surface area contributed by atoms with E-state index in [1.54, 1.807) is 35.8 Å². The Morgan fingerprint density at radius 2 is 2.11 bits per heavy atom. The number of fused-ring (bicyclic) bond motifs is 1. The molecule has 0 unspecified atom stereocenters. The normalized spacial score (nSPS) is 11.3. The monoisotopic (exact) mass is 394 g/mol. The van der Waals surface area contributed by atoms with E-state index in [-0.39, 0.29) is 5.91 Å². The maximum Gasteiger partial charge on any atom is 0.271 e. The van der Waals surface area contributed by atoms with Gasteiger partial charge in [-0.05, 0) is 54.3 Å². The highest BCUT2D eigenvalue weighted by atomic mass is 35.5. The Kier molecular flexibility index (Phi) is 4.75. The molecule has 2 aromatic heterocycles. The number of H-pyrrole nitrogens is 1. The number of thiophene rings is 1. The van der Waals surface area contributed by atoms with Gasteiger partial charge < -0.3 is 4.98 Å². The lowest BCUT2D eigenvalue weighted by molar-refractivity contribution is 0.0955. The topological polar surface area (TPSA) is 70.1 Å². The number of rotatable bonds is 4. The van der Waals surface area contributed by atoms with Gasteiger partial charge in [0.2, 0.25) is 0 Å². The summed E-state index contributed by atoms with van der Waals surface area (Å²) in [5.74, 6) is 0.385. The van der Waals surface area contributed by atoms with Gasteiger partial charge in [-0.15, -0.1) is 11.3 Å². The fourth-order valence-electron chi connectivity index (χ4n) is 2.66. The molecule has 27 heavy (non-hydrogen) atoms. The largest absolute Gasteiger partial charge is 0.338 e. The van der Waals surface area contributed by atoms with Gasteiger partial charge in [-0.1, -0.05) is 23.7 Å². The molecule has 134 valence electrons. The van der Waals surface area contributed by atoms with Crippen LogP contribution in [0.2, 0.25) is 5.02 Å². The molecule has 4 rings (SSSR count). The fourth-order valence-corrected chi connectivity index (χ4v) is 3.67. The molecule has 0 saturated heterocycles. The van der Waals surface area contributed by atoms with E-state index in [0.717, 1.165) is 27.0 Å².